The third-order valence-corrected chi connectivity index (χ3v) is 9.07. The first-order valence-corrected chi connectivity index (χ1v) is 11.9. The highest BCUT2D eigenvalue weighted by atomic mass is 35.5. The average molecular weight is 459 g/mol. The Morgan fingerprint density at radius 1 is 1.17 bits per heavy atom. The van der Waals surface area contributed by atoms with Gasteiger partial charge in [0.1, 0.15) is 11.7 Å². The molecule has 1 aromatic rings. The fourth-order valence-corrected chi connectivity index (χ4v) is 7.00. The van der Waals surface area contributed by atoms with Gasteiger partial charge < -0.3 is 4.74 Å². The Morgan fingerprint density at radius 3 is 2.40 bits per heavy atom. The van der Waals surface area contributed by atoms with Crippen molar-refractivity contribution in [2.75, 3.05) is 6.61 Å². The lowest BCUT2D eigenvalue weighted by atomic mass is 9.71. The van der Waals surface area contributed by atoms with Crippen LogP contribution in [0.1, 0.15) is 45.4 Å². The Kier molecular flexibility index (Phi) is 7.02. The zero-order valence-corrected chi connectivity index (χ0v) is 18.3. The molecular formula is C22H25ClF2O4S. The van der Waals surface area contributed by atoms with Crippen LogP contribution in [0, 0.1) is 11.8 Å². The number of sulfone groups is 1. The lowest BCUT2D eigenvalue weighted by Gasteiger charge is -2.44. The Hall–Kier alpha value is -1.73. The summed E-state index contributed by atoms with van der Waals surface area (Å²) in [6, 6.07) is 5.76. The largest absolute Gasteiger partial charge is 0.466 e. The summed E-state index contributed by atoms with van der Waals surface area (Å²) in [6.45, 7) is 2.01. The Balaban J connectivity index is 1.95. The molecule has 30 heavy (non-hydrogen) atoms. The highest BCUT2D eigenvalue weighted by Crippen LogP contribution is 2.51. The van der Waals surface area contributed by atoms with Crippen molar-refractivity contribution in [2.24, 2.45) is 11.8 Å². The predicted octanol–water partition coefficient (Wildman–Crippen LogP) is 5.72. The van der Waals surface area contributed by atoms with Crippen molar-refractivity contribution in [2.45, 2.75) is 55.1 Å². The van der Waals surface area contributed by atoms with Gasteiger partial charge in [0.2, 0.25) is 0 Å². The summed E-state index contributed by atoms with van der Waals surface area (Å²) in [7, 11) is -4.01. The highest BCUT2D eigenvalue weighted by molar-refractivity contribution is 7.92. The van der Waals surface area contributed by atoms with E-state index in [1.807, 2.05) is 0 Å². The van der Waals surface area contributed by atoms with E-state index in [0.717, 1.165) is 12.2 Å². The number of esters is 1. The molecule has 1 saturated carbocycles. The summed E-state index contributed by atoms with van der Waals surface area (Å²) < 4.78 is 59.9. The number of allylic oxidation sites excluding steroid dienone is 4. The van der Waals surface area contributed by atoms with E-state index in [1.165, 1.54) is 24.3 Å². The van der Waals surface area contributed by atoms with Crippen molar-refractivity contribution in [1.82, 2.24) is 0 Å². The SMILES string of the molecule is CCOC(=O)C[C@H]1CC[C@@](C2CC(F)=CC=C2F)(S(=O)(=O)c2ccc(Cl)cc2)CC1. The van der Waals surface area contributed by atoms with E-state index in [0.29, 0.717) is 17.9 Å². The molecule has 1 atom stereocenters. The normalized spacial score (nSPS) is 27.2. The van der Waals surface area contributed by atoms with E-state index in [1.54, 1.807) is 6.92 Å². The fourth-order valence-electron chi connectivity index (χ4n) is 4.56. The maximum Gasteiger partial charge on any atom is 0.306 e. The summed E-state index contributed by atoms with van der Waals surface area (Å²) in [5, 5.41) is 0.388. The van der Waals surface area contributed by atoms with Crippen LogP contribution in [0.2, 0.25) is 5.02 Å². The fraction of sp³-hybridized carbons (Fsp3) is 0.500. The molecule has 1 unspecified atom stereocenters. The van der Waals surface area contributed by atoms with E-state index < -0.39 is 32.2 Å². The van der Waals surface area contributed by atoms with Crippen molar-refractivity contribution >= 4 is 27.4 Å². The minimum Gasteiger partial charge on any atom is -0.466 e. The van der Waals surface area contributed by atoms with Crippen molar-refractivity contribution < 1.29 is 26.7 Å². The van der Waals surface area contributed by atoms with E-state index in [4.69, 9.17) is 16.3 Å². The molecule has 0 heterocycles. The van der Waals surface area contributed by atoms with E-state index in [2.05, 4.69) is 0 Å². The first kappa shape index (κ1) is 22.9. The van der Waals surface area contributed by atoms with Crippen LogP contribution in [0.15, 0.2) is 53.0 Å². The zero-order valence-electron chi connectivity index (χ0n) is 16.7. The Morgan fingerprint density at radius 2 is 1.80 bits per heavy atom. The van der Waals surface area contributed by atoms with Crippen LogP contribution in [0.5, 0.6) is 0 Å². The summed E-state index contributed by atoms with van der Waals surface area (Å²) in [4.78, 5) is 11.9. The molecule has 0 radical (unpaired) electrons. The van der Waals surface area contributed by atoms with Crippen LogP contribution in [0.25, 0.3) is 0 Å². The number of rotatable bonds is 6. The molecule has 1 fully saturated rings. The second-order valence-electron chi connectivity index (χ2n) is 7.90. The van der Waals surface area contributed by atoms with E-state index in [9.17, 15) is 22.0 Å². The van der Waals surface area contributed by atoms with Crippen LogP contribution < -0.4 is 0 Å². The van der Waals surface area contributed by atoms with Crippen LogP contribution >= 0.6 is 11.6 Å². The molecule has 0 amide bonds. The van der Waals surface area contributed by atoms with Gasteiger partial charge in [0.05, 0.1) is 16.2 Å². The molecule has 1 aromatic carbocycles. The van der Waals surface area contributed by atoms with Gasteiger partial charge in [0.15, 0.2) is 9.84 Å². The highest BCUT2D eigenvalue weighted by Gasteiger charge is 2.54. The topological polar surface area (TPSA) is 60.4 Å². The number of carbonyl (C=O) groups is 1. The van der Waals surface area contributed by atoms with Gasteiger partial charge in [0, 0.05) is 23.8 Å². The van der Waals surface area contributed by atoms with Gasteiger partial charge in [-0.1, -0.05) is 11.6 Å². The average Bonchev–Trinajstić information content (AvgIpc) is 2.71. The van der Waals surface area contributed by atoms with E-state index >= 15 is 0 Å². The number of carbonyl (C=O) groups excluding carboxylic acids is 1. The van der Waals surface area contributed by atoms with Crippen molar-refractivity contribution in [3.8, 4) is 0 Å². The maximum absolute atomic E-state index is 14.9. The summed E-state index contributed by atoms with van der Waals surface area (Å²) in [5.41, 5.74) is 0. The van der Waals surface area contributed by atoms with Gasteiger partial charge in [-0.15, -0.1) is 0 Å². The lowest BCUT2D eigenvalue weighted by molar-refractivity contribution is -0.144. The van der Waals surface area contributed by atoms with Crippen LogP contribution in [0.3, 0.4) is 0 Å². The second-order valence-corrected chi connectivity index (χ2v) is 10.6. The van der Waals surface area contributed by atoms with Crippen LogP contribution in [0.4, 0.5) is 8.78 Å². The van der Waals surface area contributed by atoms with Crippen molar-refractivity contribution in [1.29, 1.82) is 0 Å². The molecule has 0 spiro atoms. The van der Waals surface area contributed by atoms with Gasteiger partial charge >= 0.3 is 5.97 Å². The monoisotopic (exact) mass is 458 g/mol. The zero-order chi connectivity index (χ0) is 21.9. The molecule has 4 nitrogen and oxygen atoms in total. The smallest absolute Gasteiger partial charge is 0.306 e. The number of hydrogen-bond donors (Lipinski definition) is 0. The van der Waals surface area contributed by atoms with Gasteiger partial charge in [-0.25, -0.2) is 17.2 Å². The molecule has 0 aliphatic heterocycles. The van der Waals surface area contributed by atoms with Gasteiger partial charge in [-0.2, -0.15) is 0 Å². The number of halogens is 3. The van der Waals surface area contributed by atoms with Gasteiger partial charge in [0.25, 0.3) is 0 Å². The molecular weight excluding hydrogens is 434 g/mol. The predicted molar refractivity (Wildman–Crippen MR) is 111 cm³/mol. The number of ether oxygens (including phenoxy) is 1. The molecule has 2 aliphatic carbocycles. The van der Waals surface area contributed by atoms with Gasteiger partial charge in [-0.05, 0) is 74.9 Å². The summed E-state index contributed by atoms with van der Waals surface area (Å²) in [6.07, 6.45) is 3.08. The molecule has 0 bridgehead atoms. The molecule has 164 valence electrons. The molecule has 2 aliphatic rings. The number of benzene rings is 1. The third-order valence-electron chi connectivity index (χ3n) is 6.16. The summed E-state index contributed by atoms with van der Waals surface area (Å²) >= 11 is 5.90. The van der Waals surface area contributed by atoms with Crippen LogP contribution in [-0.2, 0) is 19.4 Å². The third kappa shape index (κ3) is 4.47. The molecule has 3 rings (SSSR count). The van der Waals surface area contributed by atoms with Crippen molar-refractivity contribution in [3.05, 3.63) is 53.1 Å². The molecule has 8 heteroatoms. The minimum absolute atomic E-state index is 0.0403. The first-order chi connectivity index (χ1) is 14.2. The Labute approximate surface area is 180 Å². The standard InChI is InChI=1S/C22H25ClF2O4S/c1-2-29-21(26)13-15-9-11-22(12-10-15,19-14-17(24)5-8-20(19)25)30(27,28)18-6-3-16(23)4-7-18/h3-8,15,19H,2,9-14H2,1H3/t15-,19?,22+. The minimum atomic E-state index is -4.01. The van der Waals surface area contributed by atoms with Gasteiger partial charge in [-0.3, -0.25) is 4.79 Å². The number of hydrogen-bond acceptors (Lipinski definition) is 4. The quantitative estimate of drug-likeness (QED) is 0.511. The second kappa shape index (κ2) is 9.18. The molecule has 0 saturated heterocycles. The lowest BCUT2D eigenvalue weighted by Crippen LogP contribution is -2.49. The van der Waals surface area contributed by atoms with E-state index in [-0.39, 0.29) is 49.1 Å². The van der Waals surface area contributed by atoms with Crippen LogP contribution in [-0.4, -0.2) is 25.7 Å². The maximum atomic E-state index is 14.9. The van der Waals surface area contributed by atoms with Crippen molar-refractivity contribution in [3.63, 3.8) is 0 Å². The molecule has 0 N–H and O–H groups in total. The first-order valence-electron chi connectivity index (χ1n) is 10.1. The Bertz CT molecular complexity index is 946. The molecule has 0 aromatic heterocycles. The summed E-state index contributed by atoms with van der Waals surface area (Å²) in [5.74, 6) is -2.65.